The Morgan fingerprint density at radius 3 is 2.78 bits per heavy atom. The van der Waals surface area contributed by atoms with Crippen LogP contribution in [0.15, 0.2) is 40.7 Å². The molecule has 0 saturated carbocycles. The van der Waals surface area contributed by atoms with Gasteiger partial charge in [0.15, 0.2) is 6.21 Å². The molecule has 1 atom stereocenters. The molecule has 0 spiro atoms. The van der Waals surface area contributed by atoms with E-state index in [-0.39, 0.29) is 12.1 Å². The first kappa shape index (κ1) is 15.5. The van der Waals surface area contributed by atoms with Gasteiger partial charge < -0.3 is 10.5 Å². The zero-order valence-electron chi connectivity index (χ0n) is 12.1. The number of aliphatic imine (C=N–C) groups is 1. The molecule has 1 aromatic heterocycles. The molecule has 1 aliphatic rings. The van der Waals surface area contributed by atoms with Crippen LogP contribution in [0.25, 0.3) is 0 Å². The molecule has 8 heteroatoms. The van der Waals surface area contributed by atoms with E-state index in [0.29, 0.717) is 15.5 Å². The van der Waals surface area contributed by atoms with Gasteiger partial charge in [0, 0.05) is 13.1 Å². The van der Waals surface area contributed by atoms with Crippen molar-refractivity contribution in [3.8, 4) is 0 Å². The Balaban J connectivity index is 2.11. The van der Waals surface area contributed by atoms with Gasteiger partial charge in [0.05, 0.1) is 27.3 Å². The first-order valence-electron chi connectivity index (χ1n) is 6.75. The summed E-state index contributed by atoms with van der Waals surface area (Å²) in [7, 11) is 1.30. The van der Waals surface area contributed by atoms with E-state index in [1.807, 2.05) is 17.5 Å². The summed E-state index contributed by atoms with van der Waals surface area (Å²) >= 11 is 0. The topological polar surface area (TPSA) is 50.5 Å². The first-order chi connectivity index (χ1) is 10.9. The highest BCUT2D eigenvalue weighted by Crippen LogP contribution is 2.36. The third-order valence-corrected chi connectivity index (χ3v) is 5.35. The summed E-state index contributed by atoms with van der Waals surface area (Å²) < 4.78 is 39.1. The summed E-state index contributed by atoms with van der Waals surface area (Å²) in [6, 6.07) is 7.00. The fraction of sp³-hybridized carbons (Fsp3) is 0.200. The number of rotatable bonds is 2. The van der Waals surface area contributed by atoms with E-state index in [1.54, 1.807) is 7.05 Å². The molecule has 3 rings (SSSR count). The fourth-order valence-corrected chi connectivity index (χ4v) is 4.01. The van der Waals surface area contributed by atoms with Gasteiger partial charge in [0.1, 0.15) is 5.38 Å². The van der Waals surface area contributed by atoms with E-state index in [1.165, 1.54) is 6.07 Å². The van der Waals surface area contributed by atoms with Gasteiger partial charge in [-0.1, -0.05) is 0 Å². The number of anilines is 1. The molecule has 23 heavy (non-hydrogen) atoms. The molecule has 1 N–H and O–H groups in total. The van der Waals surface area contributed by atoms with Gasteiger partial charge in [-0.05, 0) is 24.3 Å². The molecule has 1 aliphatic heterocycles. The monoisotopic (exact) mass is 340 g/mol. The maximum absolute atomic E-state index is 12.8. The smallest absolute Gasteiger partial charge is 0.416 e. The summed E-state index contributed by atoms with van der Waals surface area (Å²) in [4.78, 5) is 4.45. The lowest BCUT2D eigenvalue weighted by atomic mass is 10.1. The first-order valence-corrected chi connectivity index (χ1v) is 8.04. The molecule has 0 bridgehead atoms. The van der Waals surface area contributed by atoms with E-state index in [4.69, 9.17) is 0 Å². The average molecular weight is 340 g/mol. The normalized spacial score (nSPS) is 15.4. The Bertz CT molecular complexity index is 809. The van der Waals surface area contributed by atoms with Crippen LogP contribution in [0.1, 0.15) is 11.1 Å². The van der Waals surface area contributed by atoms with Crippen LogP contribution in [0.3, 0.4) is 0 Å². The lowest BCUT2D eigenvalue weighted by molar-refractivity contribution is -0.433. The van der Waals surface area contributed by atoms with Gasteiger partial charge in [-0.15, -0.1) is 0 Å². The van der Waals surface area contributed by atoms with Gasteiger partial charge in [-0.25, -0.2) is 0 Å². The SMILES string of the molecule is CNc1ccc[s+]1C1=Nc2ccc(C(F)(F)F)cc2C=[N+]([O-])C1. The predicted molar refractivity (Wildman–Crippen MR) is 86.1 cm³/mol. The molecule has 2 aromatic rings. The van der Waals surface area contributed by atoms with Crippen LogP contribution in [-0.4, -0.2) is 29.6 Å². The third kappa shape index (κ3) is 3.07. The molecule has 0 aliphatic carbocycles. The zero-order chi connectivity index (χ0) is 16.6. The number of alkyl halides is 3. The molecule has 0 amide bonds. The second kappa shape index (κ2) is 5.69. The number of hydrogen-bond acceptors (Lipinski definition) is 3. The van der Waals surface area contributed by atoms with Crippen molar-refractivity contribution < 1.29 is 17.9 Å². The van der Waals surface area contributed by atoms with Crippen LogP contribution in [-0.2, 0) is 6.18 Å². The number of fused-ring (bicyclic) bond motifs is 1. The zero-order valence-corrected chi connectivity index (χ0v) is 12.9. The number of benzene rings is 1. The number of hydroxylamine groups is 1. The minimum absolute atomic E-state index is 0.0164. The lowest BCUT2D eigenvalue weighted by Gasteiger charge is -2.07. The molecule has 2 heterocycles. The highest BCUT2D eigenvalue weighted by atomic mass is 32.2. The van der Waals surface area contributed by atoms with Crippen LogP contribution < -0.4 is 5.32 Å². The van der Waals surface area contributed by atoms with Gasteiger partial charge in [-0.2, -0.15) is 22.9 Å². The van der Waals surface area contributed by atoms with E-state index in [2.05, 4.69) is 10.3 Å². The molecule has 1 unspecified atom stereocenters. The maximum Gasteiger partial charge on any atom is 0.416 e. The van der Waals surface area contributed by atoms with E-state index in [0.717, 1.165) is 23.3 Å². The molecule has 0 saturated heterocycles. The maximum atomic E-state index is 12.8. The molecule has 4 nitrogen and oxygen atoms in total. The van der Waals surface area contributed by atoms with Gasteiger partial charge >= 0.3 is 11.2 Å². The Morgan fingerprint density at radius 2 is 2.09 bits per heavy atom. The van der Waals surface area contributed by atoms with Crippen LogP contribution in [0.2, 0.25) is 0 Å². The van der Waals surface area contributed by atoms with Gasteiger partial charge in [0.2, 0.25) is 11.5 Å². The highest BCUT2D eigenvalue weighted by molar-refractivity contribution is 7.53. The molecular weight excluding hydrogens is 327 g/mol. The Hall–Kier alpha value is -2.35. The summed E-state index contributed by atoms with van der Waals surface area (Å²) in [6.07, 6.45) is -3.29. The molecule has 0 fully saturated rings. The standard InChI is InChI=1S/C15H13F3N3OS/c1-19-13-3-2-6-23(13)14-9-21(22)8-10-7-11(15(16,17)18)4-5-12(10)20-14/h2-8,19H,9H2,1H3/q+1. The summed E-state index contributed by atoms with van der Waals surface area (Å²) in [6.45, 7) is 0.0164. The van der Waals surface area contributed by atoms with E-state index in [9.17, 15) is 18.4 Å². The van der Waals surface area contributed by atoms with Crippen LogP contribution >= 0.6 is 10.5 Å². The minimum Gasteiger partial charge on any atom is -0.623 e. The second-order valence-corrected chi connectivity index (χ2v) is 6.79. The van der Waals surface area contributed by atoms with Crippen molar-refractivity contribution in [2.24, 2.45) is 4.99 Å². The van der Waals surface area contributed by atoms with Gasteiger partial charge in [-0.3, -0.25) is 0 Å². The van der Waals surface area contributed by atoms with Crippen LogP contribution in [0.4, 0.5) is 23.9 Å². The molecule has 120 valence electrons. The summed E-state index contributed by atoms with van der Waals surface area (Å²) in [5.41, 5.74) is -0.250. The molecule has 0 radical (unpaired) electrons. The predicted octanol–water partition coefficient (Wildman–Crippen LogP) is 4.02. The quantitative estimate of drug-likeness (QED) is 0.510. The average Bonchev–Trinajstić information content (AvgIpc) is 2.88. The molecular formula is C15H13F3N3OS+. The van der Waals surface area contributed by atoms with Crippen molar-refractivity contribution in [3.05, 3.63) is 52.0 Å². The third-order valence-electron chi connectivity index (χ3n) is 3.37. The number of thiophene rings is 1. The highest BCUT2D eigenvalue weighted by Gasteiger charge is 2.32. The van der Waals surface area contributed by atoms with E-state index >= 15 is 0 Å². The minimum atomic E-state index is -4.45. The summed E-state index contributed by atoms with van der Waals surface area (Å²) in [5, 5.41) is 18.5. The number of halogens is 3. The van der Waals surface area contributed by atoms with Crippen LogP contribution in [0.5, 0.6) is 0 Å². The lowest BCUT2D eigenvalue weighted by Crippen LogP contribution is -2.13. The second-order valence-electron chi connectivity index (χ2n) is 4.93. The van der Waals surface area contributed by atoms with Crippen LogP contribution in [0, 0.1) is 5.21 Å². The van der Waals surface area contributed by atoms with E-state index < -0.39 is 22.2 Å². The molecule has 1 aromatic carbocycles. The summed E-state index contributed by atoms with van der Waals surface area (Å²) in [5.74, 6) is 0. The van der Waals surface area contributed by atoms with Crippen molar-refractivity contribution in [3.63, 3.8) is 0 Å². The number of hydrogen-bond donors (Lipinski definition) is 1. The fourth-order valence-electron chi connectivity index (χ4n) is 2.31. The van der Waals surface area contributed by atoms with Crippen molar-refractivity contribution in [1.29, 1.82) is 0 Å². The number of nitrogens with zero attached hydrogens (tertiary/aromatic N) is 2. The Morgan fingerprint density at radius 1 is 1.30 bits per heavy atom. The van der Waals surface area contributed by atoms with Crippen molar-refractivity contribution in [2.75, 3.05) is 18.9 Å². The van der Waals surface area contributed by atoms with Crippen molar-refractivity contribution in [1.82, 2.24) is 0 Å². The number of nitrogens with one attached hydrogen (secondary N) is 1. The van der Waals surface area contributed by atoms with Crippen molar-refractivity contribution >= 4 is 32.4 Å². The van der Waals surface area contributed by atoms with Crippen molar-refractivity contribution in [2.45, 2.75) is 6.18 Å². The Kier molecular flexibility index (Phi) is 3.85. The largest absolute Gasteiger partial charge is 0.623 e. The Labute approximate surface area is 133 Å². The van der Waals surface area contributed by atoms with Gasteiger partial charge in [0.25, 0.3) is 0 Å².